The van der Waals surface area contributed by atoms with E-state index in [-0.39, 0.29) is 17.4 Å². The van der Waals surface area contributed by atoms with Crippen LogP contribution in [0.15, 0.2) is 0 Å². The van der Waals surface area contributed by atoms with Gasteiger partial charge in [-0.25, -0.2) is 0 Å². The maximum atomic E-state index is 11.6. The fourth-order valence-electron chi connectivity index (χ4n) is 2.36. The first kappa shape index (κ1) is 10.4. The molecule has 2 rings (SSSR count). The Morgan fingerprint density at radius 1 is 1.67 bits per heavy atom. The third-order valence-electron chi connectivity index (χ3n) is 3.57. The first-order valence-electron chi connectivity index (χ1n) is 5.42. The van der Waals surface area contributed by atoms with Gasteiger partial charge in [0.25, 0.3) is 0 Å². The Morgan fingerprint density at radius 2 is 2.40 bits per heavy atom. The van der Waals surface area contributed by atoms with Gasteiger partial charge in [0.2, 0.25) is 5.91 Å². The van der Waals surface area contributed by atoms with Crippen molar-refractivity contribution >= 4 is 5.91 Å². The molecule has 1 heterocycles. The topological polar surface area (TPSA) is 53.3 Å². The molecule has 0 aromatic heterocycles. The van der Waals surface area contributed by atoms with Crippen LogP contribution in [-0.4, -0.2) is 36.6 Å². The average Bonchev–Trinajstić information content (AvgIpc) is 2.53. The number of carbonyl (C=O) groups is 1. The van der Waals surface area contributed by atoms with Gasteiger partial charge in [-0.2, -0.15) is 5.26 Å². The normalized spacial score (nSPS) is 28.7. The second-order valence-corrected chi connectivity index (χ2v) is 4.55. The Balaban J connectivity index is 1.95. The van der Waals surface area contributed by atoms with E-state index in [0.29, 0.717) is 19.5 Å². The summed E-state index contributed by atoms with van der Waals surface area (Å²) in [6.07, 6.45) is 3.63. The smallest absolute Gasteiger partial charge is 0.224 e. The van der Waals surface area contributed by atoms with Crippen molar-refractivity contribution in [2.24, 2.45) is 5.92 Å². The molecule has 1 aliphatic carbocycles. The van der Waals surface area contributed by atoms with E-state index in [0.717, 1.165) is 12.8 Å². The molecule has 2 aliphatic rings. The van der Waals surface area contributed by atoms with Gasteiger partial charge in [0.15, 0.2) is 0 Å². The molecule has 0 bridgehead atoms. The summed E-state index contributed by atoms with van der Waals surface area (Å²) in [5.41, 5.74) is -0.111. The van der Waals surface area contributed by atoms with E-state index in [2.05, 4.69) is 6.07 Å². The van der Waals surface area contributed by atoms with Crippen molar-refractivity contribution < 1.29 is 9.53 Å². The van der Waals surface area contributed by atoms with Gasteiger partial charge in [-0.15, -0.1) is 0 Å². The highest BCUT2D eigenvalue weighted by Crippen LogP contribution is 2.36. The van der Waals surface area contributed by atoms with E-state index in [1.807, 2.05) is 0 Å². The molecule has 1 amide bonds. The lowest BCUT2D eigenvalue weighted by atomic mass is 9.79. The van der Waals surface area contributed by atoms with Crippen LogP contribution in [0.25, 0.3) is 0 Å². The van der Waals surface area contributed by atoms with Gasteiger partial charge in [0, 0.05) is 26.6 Å². The number of methoxy groups -OCH3 is 1. The minimum atomic E-state index is -0.119. The molecule has 2 fully saturated rings. The molecular weight excluding hydrogens is 192 g/mol. The highest BCUT2D eigenvalue weighted by atomic mass is 16.5. The van der Waals surface area contributed by atoms with Gasteiger partial charge in [0.1, 0.15) is 0 Å². The van der Waals surface area contributed by atoms with Gasteiger partial charge in [-0.05, 0) is 19.3 Å². The predicted molar refractivity (Wildman–Crippen MR) is 53.9 cm³/mol. The minimum absolute atomic E-state index is 0.102. The van der Waals surface area contributed by atoms with Gasteiger partial charge in [0.05, 0.1) is 17.6 Å². The van der Waals surface area contributed by atoms with Gasteiger partial charge in [-0.1, -0.05) is 0 Å². The lowest BCUT2D eigenvalue weighted by molar-refractivity contribution is -0.136. The van der Waals surface area contributed by atoms with Crippen LogP contribution in [0.4, 0.5) is 0 Å². The molecule has 4 heteroatoms. The lowest BCUT2D eigenvalue weighted by Crippen LogP contribution is -2.49. The maximum Gasteiger partial charge on any atom is 0.224 e. The summed E-state index contributed by atoms with van der Waals surface area (Å²) in [6, 6.07) is 2.16. The summed E-state index contributed by atoms with van der Waals surface area (Å²) >= 11 is 0. The maximum absolute atomic E-state index is 11.6. The molecule has 1 aliphatic heterocycles. The van der Waals surface area contributed by atoms with Crippen molar-refractivity contribution in [1.82, 2.24) is 4.90 Å². The SMILES string of the molecule is COC1(CN2CC(C#N)CC2=O)CCC1. The summed E-state index contributed by atoms with van der Waals surface area (Å²) in [5.74, 6) is -0.0173. The van der Waals surface area contributed by atoms with Crippen molar-refractivity contribution in [3.8, 4) is 6.07 Å². The molecule has 1 saturated heterocycles. The Morgan fingerprint density at radius 3 is 2.80 bits per heavy atom. The van der Waals surface area contributed by atoms with Gasteiger partial charge >= 0.3 is 0 Å². The Labute approximate surface area is 89.8 Å². The van der Waals surface area contributed by atoms with Crippen molar-refractivity contribution in [1.29, 1.82) is 5.26 Å². The predicted octanol–water partition coefficient (Wildman–Crippen LogP) is 0.928. The largest absolute Gasteiger partial charge is 0.376 e. The number of hydrogen-bond acceptors (Lipinski definition) is 3. The fourth-order valence-corrected chi connectivity index (χ4v) is 2.36. The van der Waals surface area contributed by atoms with Crippen LogP contribution in [0.1, 0.15) is 25.7 Å². The molecule has 1 unspecified atom stereocenters. The number of likely N-dealkylation sites (tertiary alicyclic amines) is 1. The van der Waals surface area contributed by atoms with Crippen LogP contribution in [0.2, 0.25) is 0 Å². The zero-order valence-corrected chi connectivity index (χ0v) is 9.03. The van der Waals surface area contributed by atoms with Crippen LogP contribution >= 0.6 is 0 Å². The Kier molecular flexibility index (Phi) is 2.66. The van der Waals surface area contributed by atoms with Crippen molar-refractivity contribution in [2.45, 2.75) is 31.3 Å². The number of ether oxygens (including phenoxy) is 1. The quantitative estimate of drug-likeness (QED) is 0.693. The van der Waals surface area contributed by atoms with Crippen molar-refractivity contribution in [3.05, 3.63) is 0 Å². The highest BCUT2D eigenvalue weighted by molar-refractivity contribution is 5.79. The number of nitriles is 1. The third kappa shape index (κ3) is 1.84. The van der Waals surface area contributed by atoms with Crippen LogP contribution < -0.4 is 0 Å². The molecule has 0 aromatic carbocycles. The molecule has 0 aromatic rings. The fraction of sp³-hybridized carbons (Fsp3) is 0.818. The number of rotatable bonds is 3. The molecule has 0 spiro atoms. The standard InChI is InChI=1S/C11H16N2O2/c1-15-11(3-2-4-11)8-13-7-9(6-12)5-10(13)14/h9H,2-5,7-8H2,1H3. The van der Waals surface area contributed by atoms with E-state index in [1.165, 1.54) is 6.42 Å². The second-order valence-electron chi connectivity index (χ2n) is 4.55. The van der Waals surface area contributed by atoms with Crippen LogP contribution in [0, 0.1) is 17.2 Å². The molecule has 0 N–H and O–H groups in total. The first-order chi connectivity index (χ1) is 7.19. The molecule has 1 atom stereocenters. The molecule has 1 saturated carbocycles. The highest BCUT2D eigenvalue weighted by Gasteiger charge is 2.42. The zero-order valence-electron chi connectivity index (χ0n) is 9.03. The minimum Gasteiger partial charge on any atom is -0.376 e. The third-order valence-corrected chi connectivity index (χ3v) is 3.57. The number of amides is 1. The Bertz CT molecular complexity index is 299. The zero-order chi connectivity index (χ0) is 10.9. The summed E-state index contributed by atoms with van der Waals surface area (Å²) < 4.78 is 5.48. The van der Waals surface area contributed by atoms with E-state index in [9.17, 15) is 4.79 Å². The van der Waals surface area contributed by atoms with Gasteiger partial charge in [-0.3, -0.25) is 4.79 Å². The van der Waals surface area contributed by atoms with Crippen LogP contribution in [0.3, 0.4) is 0 Å². The van der Waals surface area contributed by atoms with E-state index in [4.69, 9.17) is 10.00 Å². The molecule has 0 radical (unpaired) electrons. The first-order valence-corrected chi connectivity index (χ1v) is 5.42. The van der Waals surface area contributed by atoms with Crippen molar-refractivity contribution in [3.63, 3.8) is 0 Å². The lowest BCUT2D eigenvalue weighted by Gasteiger charge is -2.42. The summed E-state index contributed by atoms with van der Waals surface area (Å²) in [6.45, 7) is 1.25. The number of hydrogen-bond donors (Lipinski definition) is 0. The van der Waals surface area contributed by atoms with E-state index >= 15 is 0 Å². The van der Waals surface area contributed by atoms with Crippen molar-refractivity contribution in [2.75, 3.05) is 20.2 Å². The second kappa shape index (κ2) is 3.82. The summed E-state index contributed by atoms with van der Waals surface area (Å²) in [5, 5.41) is 8.77. The Hall–Kier alpha value is -1.08. The number of carbonyl (C=O) groups excluding carboxylic acids is 1. The monoisotopic (exact) mass is 208 g/mol. The molecule has 82 valence electrons. The number of nitrogens with zero attached hydrogens (tertiary/aromatic N) is 2. The van der Waals surface area contributed by atoms with Gasteiger partial charge < -0.3 is 9.64 Å². The van der Waals surface area contributed by atoms with E-state index in [1.54, 1.807) is 12.0 Å². The van der Waals surface area contributed by atoms with Crippen LogP contribution in [0.5, 0.6) is 0 Å². The summed E-state index contributed by atoms with van der Waals surface area (Å²) in [7, 11) is 1.71. The molecule has 4 nitrogen and oxygen atoms in total. The van der Waals surface area contributed by atoms with Crippen LogP contribution in [-0.2, 0) is 9.53 Å². The molecular formula is C11H16N2O2. The summed E-state index contributed by atoms with van der Waals surface area (Å²) in [4.78, 5) is 13.4. The molecule has 15 heavy (non-hydrogen) atoms. The van der Waals surface area contributed by atoms with E-state index < -0.39 is 0 Å². The average molecular weight is 208 g/mol.